The smallest absolute Gasteiger partial charge is 0.274 e. The van der Waals surface area contributed by atoms with Gasteiger partial charge in [-0.15, -0.1) is 12.4 Å². The molecule has 156 valence electrons. The Morgan fingerprint density at radius 3 is 2.50 bits per heavy atom. The molecule has 2 aromatic heterocycles. The summed E-state index contributed by atoms with van der Waals surface area (Å²) < 4.78 is 47.9. The molecule has 0 aliphatic carbocycles. The second kappa shape index (κ2) is 9.06. The van der Waals surface area contributed by atoms with Crippen LogP contribution in [0.4, 0.5) is 18.9 Å². The first-order valence-electron chi connectivity index (χ1n) is 8.62. The Morgan fingerprint density at radius 1 is 1.10 bits per heavy atom. The lowest BCUT2D eigenvalue weighted by Crippen LogP contribution is -2.50. The van der Waals surface area contributed by atoms with E-state index in [-0.39, 0.29) is 35.8 Å². The number of halogens is 4. The maximum absolute atomic E-state index is 14.2. The van der Waals surface area contributed by atoms with E-state index < -0.39 is 34.6 Å². The monoisotopic (exact) mass is 437 g/mol. The fraction of sp³-hybridized carbons (Fsp3) is 0.158. The normalized spacial score (nSPS) is 13.2. The van der Waals surface area contributed by atoms with E-state index in [0.717, 1.165) is 30.3 Å². The zero-order chi connectivity index (χ0) is 20.4. The summed E-state index contributed by atoms with van der Waals surface area (Å²) in [5.41, 5.74) is -1.31. The molecular formula is C19H15ClF3N5O2. The van der Waals surface area contributed by atoms with Crippen LogP contribution in [-0.4, -0.2) is 40.1 Å². The SMILES string of the molecule is Cl.O=C(Nc1cncnc1OC1CNC1)c1ccc(F)c(-c2c(F)cccc2F)n1. The van der Waals surface area contributed by atoms with Gasteiger partial charge in [-0.25, -0.2) is 23.1 Å². The van der Waals surface area contributed by atoms with Crippen LogP contribution < -0.4 is 15.4 Å². The third-order valence-electron chi connectivity index (χ3n) is 4.22. The Balaban J connectivity index is 0.00000256. The first kappa shape index (κ1) is 21.5. The summed E-state index contributed by atoms with van der Waals surface area (Å²) >= 11 is 0. The highest BCUT2D eigenvalue weighted by atomic mass is 35.5. The van der Waals surface area contributed by atoms with Crippen LogP contribution in [0.5, 0.6) is 5.88 Å². The van der Waals surface area contributed by atoms with Crippen molar-refractivity contribution in [3.05, 3.63) is 66.0 Å². The van der Waals surface area contributed by atoms with E-state index in [9.17, 15) is 18.0 Å². The number of rotatable bonds is 5. The highest BCUT2D eigenvalue weighted by molar-refractivity contribution is 6.03. The van der Waals surface area contributed by atoms with Gasteiger partial charge in [-0.05, 0) is 24.3 Å². The van der Waals surface area contributed by atoms with E-state index >= 15 is 0 Å². The van der Waals surface area contributed by atoms with Gasteiger partial charge in [-0.3, -0.25) is 4.79 Å². The Hall–Kier alpha value is -3.24. The molecule has 1 aliphatic rings. The van der Waals surface area contributed by atoms with Crippen molar-refractivity contribution in [1.82, 2.24) is 20.3 Å². The molecule has 1 amide bonds. The molecule has 0 atom stereocenters. The van der Waals surface area contributed by atoms with Crippen molar-refractivity contribution >= 4 is 24.0 Å². The van der Waals surface area contributed by atoms with Crippen LogP contribution in [0, 0.1) is 17.5 Å². The van der Waals surface area contributed by atoms with Crippen LogP contribution in [0.1, 0.15) is 10.5 Å². The number of ether oxygens (including phenoxy) is 1. The van der Waals surface area contributed by atoms with Crippen molar-refractivity contribution in [2.24, 2.45) is 0 Å². The highest BCUT2D eigenvalue weighted by Gasteiger charge is 2.23. The lowest BCUT2D eigenvalue weighted by Gasteiger charge is -2.27. The number of hydrogen-bond acceptors (Lipinski definition) is 6. The van der Waals surface area contributed by atoms with Gasteiger partial charge in [0.25, 0.3) is 5.91 Å². The first-order valence-corrected chi connectivity index (χ1v) is 8.62. The van der Waals surface area contributed by atoms with Gasteiger partial charge in [0.2, 0.25) is 5.88 Å². The number of anilines is 1. The number of benzene rings is 1. The highest BCUT2D eigenvalue weighted by Crippen LogP contribution is 2.27. The molecule has 3 aromatic rings. The molecular weight excluding hydrogens is 423 g/mol. The van der Waals surface area contributed by atoms with Crippen LogP contribution in [0.3, 0.4) is 0 Å². The van der Waals surface area contributed by atoms with E-state index in [4.69, 9.17) is 4.74 Å². The van der Waals surface area contributed by atoms with Crippen LogP contribution in [0.2, 0.25) is 0 Å². The van der Waals surface area contributed by atoms with Crippen molar-refractivity contribution in [2.75, 3.05) is 18.4 Å². The van der Waals surface area contributed by atoms with Gasteiger partial charge in [0.15, 0.2) is 0 Å². The van der Waals surface area contributed by atoms with E-state index in [1.807, 2.05) is 0 Å². The molecule has 7 nitrogen and oxygen atoms in total. The average Bonchev–Trinajstić information content (AvgIpc) is 2.67. The van der Waals surface area contributed by atoms with E-state index in [2.05, 4.69) is 25.6 Å². The van der Waals surface area contributed by atoms with Gasteiger partial charge in [0.1, 0.15) is 47.0 Å². The van der Waals surface area contributed by atoms with E-state index in [1.165, 1.54) is 12.5 Å². The fourth-order valence-electron chi connectivity index (χ4n) is 2.66. The summed E-state index contributed by atoms with van der Waals surface area (Å²) in [5.74, 6) is -3.52. The molecule has 3 heterocycles. The van der Waals surface area contributed by atoms with Gasteiger partial charge < -0.3 is 15.4 Å². The van der Waals surface area contributed by atoms with Gasteiger partial charge in [0.05, 0.1) is 11.8 Å². The average molecular weight is 438 g/mol. The number of pyridine rings is 1. The molecule has 11 heteroatoms. The summed E-state index contributed by atoms with van der Waals surface area (Å²) in [6, 6.07) is 5.13. The summed E-state index contributed by atoms with van der Waals surface area (Å²) in [4.78, 5) is 24.3. The molecule has 1 saturated heterocycles. The van der Waals surface area contributed by atoms with Gasteiger partial charge in [-0.2, -0.15) is 4.98 Å². The van der Waals surface area contributed by atoms with Crippen LogP contribution >= 0.6 is 12.4 Å². The third-order valence-corrected chi connectivity index (χ3v) is 4.22. The van der Waals surface area contributed by atoms with Crippen molar-refractivity contribution in [3.63, 3.8) is 0 Å². The topological polar surface area (TPSA) is 89.0 Å². The molecule has 0 unspecified atom stereocenters. The van der Waals surface area contributed by atoms with Crippen LogP contribution in [-0.2, 0) is 0 Å². The first-order chi connectivity index (χ1) is 14.0. The fourth-order valence-corrected chi connectivity index (χ4v) is 2.66. The number of hydrogen-bond donors (Lipinski definition) is 2. The second-order valence-corrected chi connectivity index (χ2v) is 6.22. The summed E-state index contributed by atoms with van der Waals surface area (Å²) in [6.45, 7) is 1.29. The number of amides is 1. The Morgan fingerprint density at radius 2 is 1.83 bits per heavy atom. The number of aromatic nitrogens is 3. The minimum atomic E-state index is -0.991. The zero-order valence-corrected chi connectivity index (χ0v) is 16.0. The second-order valence-electron chi connectivity index (χ2n) is 6.22. The summed E-state index contributed by atoms with van der Waals surface area (Å²) in [6.07, 6.45) is 2.53. The standard InChI is InChI=1S/C19H14F3N5O2.ClH/c20-11-2-1-3-12(21)16(11)17-13(22)4-5-14(26-17)18(28)27-15-8-24-9-25-19(15)29-10-6-23-7-10;/h1-5,8-10,23H,6-7H2,(H,27,28);1H. The van der Waals surface area contributed by atoms with Crippen molar-refractivity contribution in [1.29, 1.82) is 0 Å². The number of carbonyl (C=O) groups excluding carboxylic acids is 1. The van der Waals surface area contributed by atoms with Crippen molar-refractivity contribution < 1.29 is 22.7 Å². The lowest BCUT2D eigenvalue weighted by molar-refractivity contribution is 0.101. The maximum atomic E-state index is 14.2. The number of nitrogens with zero attached hydrogens (tertiary/aromatic N) is 3. The lowest BCUT2D eigenvalue weighted by atomic mass is 10.1. The third kappa shape index (κ3) is 4.34. The molecule has 1 aromatic carbocycles. The predicted octanol–water partition coefficient (Wildman–Crippen LogP) is 2.98. The molecule has 1 aliphatic heterocycles. The summed E-state index contributed by atoms with van der Waals surface area (Å²) in [5, 5.41) is 5.57. The van der Waals surface area contributed by atoms with Crippen LogP contribution in [0.15, 0.2) is 42.9 Å². The zero-order valence-electron chi connectivity index (χ0n) is 15.2. The van der Waals surface area contributed by atoms with Crippen molar-refractivity contribution in [2.45, 2.75) is 6.10 Å². The van der Waals surface area contributed by atoms with E-state index in [0.29, 0.717) is 13.1 Å². The minimum Gasteiger partial charge on any atom is -0.470 e. The Bertz CT molecular complexity index is 1060. The quantitative estimate of drug-likeness (QED) is 0.638. The molecule has 30 heavy (non-hydrogen) atoms. The Kier molecular flexibility index (Phi) is 6.48. The van der Waals surface area contributed by atoms with E-state index in [1.54, 1.807) is 0 Å². The van der Waals surface area contributed by atoms with Gasteiger partial charge >= 0.3 is 0 Å². The van der Waals surface area contributed by atoms with Gasteiger partial charge in [-0.1, -0.05) is 6.07 Å². The number of carbonyl (C=O) groups is 1. The predicted molar refractivity (Wildman–Crippen MR) is 104 cm³/mol. The molecule has 0 radical (unpaired) electrons. The Labute approximate surface area is 175 Å². The molecule has 0 spiro atoms. The number of nitrogens with one attached hydrogen (secondary N) is 2. The van der Waals surface area contributed by atoms with Crippen LogP contribution in [0.25, 0.3) is 11.3 Å². The van der Waals surface area contributed by atoms with Crippen molar-refractivity contribution in [3.8, 4) is 17.1 Å². The molecule has 1 fully saturated rings. The molecule has 4 rings (SSSR count). The summed E-state index contributed by atoms with van der Waals surface area (Å²) in [7, 11) is 0. The van der Waals surface area contributed by atoms with Gasteiger partial charge in [0, 0.05) is 13.1 Å². The molecule has 0 bridgehead atoms. The maximum Gasteiger partial charge on any atom is 0.274 e. The minimum absolute atomic E-state index is 0. The molecule has 0 saturated carbocycles. The largest absolute Gasteiger partial charge is 0.470 e. The molecule has 2 N–H and O–H groups in total.